The minimum atomic E-state index is 0. The molecule has 0 heterocycles. The van der Waals surface area contributed by atoms with Gasteiger partial charge in [-0.3, -0.25) is 0 Å². The molecule has 2 aromatic carbocycles. The minimum absolute atomic E-state index is 0. The quantitative estimate of drug-likeness (QED) is 0.383. The minimum Gasteiger partial charge on any atom is -0.213 e. The van der Waals surface area contributed by atoms with Crippen molar-refractivity contribution in [1.29, 1.82) is 0 Å². The largest absolute Gasteiger partial charge is 2.00 e. The summed E-state index contributed by atoms with van der Waals surface area (Å²) in [6.07, 6.45) is 0. The Kier molecular flexibility index (Phi) is 7.77. The Hall–Kier alpha value is 0.239. The van der Waals surface area contributed by atoms with Crippen molar-refractivity contribution in [1.82, 2.24) is 0 Å². The van der Waals surface area contributed by atoms with Gasteiger partial charge >= 0.3 is 17.1 Å². The van der Waals surface area contributed by atoms with Crippen LogP contribution < -0.4 is 0 Å². The van der Waals surface area contributed by atoms with Gasteiger partial charge in [-0.05, 0) is 0 Å². The fourth-order valence-electron chi connectivity index (χ4n) is 0.701. The molecular formula is C10H8ClFeI. The Balaban J connectivity index is 0.000000206. The van der Waals surface area contributed by atoms with Crippen molar-refractivity contribution in [3.8, 4) is 0 Å². The molecule has 70 valence electrons. The summed E-state index contributed by atoms with van der Waals surface area (Å²) < 4.78 is 1.31. The average molecular weight is 346 g/mol. The normalized spacial score (nSPS) is 8.15. The zero-order chi connectivity index (χ0) is 8.81. The van der Waals surface area contributed by atoms with Crippen LogP contribution in [0.15, 0.2) is 48.5 Å². The molecule has 0 aromatic heterocycles. The first-order chi connectivity index (χ1) is 5.79. The van der Waals surface area contributed by atoms with Crippen LogP contribution in [-0.4, -0.2) is 0 Å². The maximum Gasteiger partial charge on any atom is 2.00 e. The molecule has 0 unspecified atom stereocenters. The first-order valence-electron chi connectivity index (χ1n) is 3.53. The second kappa shape index (κ2) is 7.63. The van der Waals surface area contributed by atoms with Crippen molar-refractivity contribution in [2.45, 2.75) is 0 Å². The van der Waals surface area contributed by atoms with E-state index < -0.39 is 0 Å². The molecule has 0 aliphatic heterocycles. The number of hydrogen-bond donors (Lipinski definition) is 0. The molecule has 0 radical (unpaired) electrons. The molecule has 2 rings (SSSR count). The van der Waals surface area contributed by atoms with Crippen LogP contribution in [0.25, 0.3) is 0 Å². The van der Waals surface area contributed by atoms with Gasteiger partial charge in [0.1, 0.15) is 0 Å². The van der Waals surface area contributed by atoms with E-state index in [4.69, 9.17) is 11.6 Å². The van der Waals surface area contributed by atoms with E-state index >= 15 is 0 Å². The summed E-state index contributed by atoms with van der Waals surface area (Å²) >= 11 is 7.73. The third-order valence-electron chi connectivity index (χ3n) is 1.24. The fraction of sp³-hybridized carbons (Fsp3) is 0. The average Bonchev–Trinajstić information content (AvgIpc) is 2.63. The van der Waals surface area contributed by atoms with Gasteiger partial charge in [0.05, 0.1) is 0 Å². The summed E-state index contributed by atoms with van der Waals surface area (Å²) in [5.41, 5.74) is 0. The molecule has 0 amide bonds. The van der Waals surface area contributed by atoms with Crippen LogP contribution in [-0.2, 0) is 17.1 Å². The van der Waals surface area contributed by atoms with E-state index in [1.807, 2.05) is 36.4 Å². The number of halogens is 2. The summed E-state index contributed by atoms with van der Waals surface area (Å²) in [6, 6.07) is 15.7. The van der Waals surface area contributed by atoms with Gasteiger partial charge in [0, 0.05) is 0 Å². The van der Waals surface area contributed by atoms with E-state index in [-0.39, 0.29) is 17.1 Å². The predicted octanol–water partition coefficient (Wildman–Crippen LogP) is 4.07. The van der Waals surface area contributed by atoms with E-state index in [2.05, 4.69) is 34.7 Å². The molecule has 2 aromatic rings. The molecule has 0 spiro atoms. The Morgan fingerprint density at radius 2 is 1.23 bits per heavy atom. The molecule has 0 aliphatic rings. The van der Waals surface area contributed by atoms with Gasteiger partial charge in [0.2, 0.25) is 0 Å². The van der Waals surface area contributed by atoms with Gasteiger partial charge in [-0.25, -0.2) is 24.3 Å². The van der Waals surface area contributed by atoms with Crippen LogP contribution >= 0.6 is 34.2 Å². The smallest absolute Gasteiger partial charge is 0.213 e. The molecule has 0 atom stereocenters. The molecule has 0 nitrogen and oxygen atoms in total. The van der Waals surface area contributed by atoms with E-state index in [1.54, 1.807) is 0 Å². The molecule has 13 heavy (non-hydrogen) atoms. The molecule has 0 bridgehead atoms. The summed E-state index contributed by atoms with van der Waals surface area (Å²) in [4.78, 5) is 0. The molecule has 0 N–H and O–H groups in total. The monoisotopic (exact) mass is 346 g/mol. The standard InChI is InChI=1S/C5H4Cl.C5H4I.Fe/c2*6-5-3-1-2-4-5;/h2*1-4H;/q2*-1;+2. The van der Waals surface area contributed by atoms with Gasteiger partial charge in [0.25, 0.3) is 0 Å². The van der Waals surface area contributed by atoms with Crippen LogP contribution in [0.1, 0.15) is 0 Å². The van der Waals surface area contributed by atoms with Crippen LogP contribution in [0, 0.1) is 3.57 Å². The van der Waals surface area contributed by atoms with Crippen molar-refractivity contribution in [2.24, 2.45) is 0 Å². The Bertz CT molecular complexity index is 254. The summed E-state index contributed by atoms with van der Waals surface area (Å²) in [5.74, 6) is 0. The molecule has 3 heteroatoms. The van der Waals surface area contributed by atoms with Gasteiger partial charge in [-0.2, -0.15) is 35.9 Å². The van der Waals surface area contributed by atoms with Crippen LogP contribution in [0.3, 0.4) is 0 Å². The zero-order valence-electron chi connectivity index (χ0n) is 6.73. The maximum absolute atomic E-state index is 5.46. The van der Waals surface area contributed by atoms with Crippen molar-refractivity contribution in [3.63, 3.8) is 0 Å². The van der Waals surface area contributed by atoms with E-state index in [0.717, 1.165) is 5.02 Å². The molecule has 0 saturated heterocycles. The molecular weight excluding hydrogens is 338 g/mol. The predicted molar refractivity (Wildman–Crippen MR) is 61.8 cm³/mol. The maximum atomic E-state index is 5.46. The van der Waals surface area contributed by atoms with Gasteiger partial charge in [-0.1, -0.05) is 8.59 Å². The number of rotatable bonds is 0. The second-order valence-electron chi connectivity index (χ2n) is 2.21. The Morgan fingerprint density at radius 3 is 1.38 bits per heavy atom. The van der Waals surface area contributed by atoms with Crippen LogP contribution in [0.5, 0.6) is 0 Å². The van der Waals surface area contributed by atoms with E-state index in [9.17, 15) is 0 Å². The first kappa shape index (κ1) is 13.2. The summed E-state index contributed by atoms with van der Waals surface area (Å²) in [6.45, 7) is 0. The van der Waals surface area contributed by atoms with Gasteiger partial charge in [0.15, 0.2) is 0 Å². The SMILES string of the molecule is Cl[c-]1cccc1.I[c-]1cccc1.[Fe+2]. The molecule has 0 saturated carbocycles. The summed E-state index contributed by atoms with van der Waals surface area (Å²) in [7, 11) is 0. The fourth-order valence-corrected chi connectivity index (χ4v) is 1.26. The third-order valence-corrected chi connectivity index (χ3v) is 2.22. The zero-order valence-corrected chi connectivity index (χ0v) is 10.7. The van der Waals surface area contributed by atoms with Crippen molar-refractivity contribution in [3.05, 3.63) is 57.1 Å². The van der Waals surface area contributed by atoms with Crippen molar-refractivity contribution >= 4 is 34.2 Å². The first-order valence-corrected chi connectivity index (χ1v) is 4.99. The van der Waals surface area contributed by atoms with Crippen molar-refractivity contribution in [2.75, 3.05) is 0 Å². The van der Waals surface area contributed by atoms with Crippen molar-refractivity contribution < 1.29 is 17.1 Å². The summed E-state index contributed by atoms with van der Waals surface area (Å²) in [5, 5.41) is 0.815. The van der Waals surface area contributed by atoms with E-state index in [0.29, 0.717) is 0 Å². The van der Waals surface area contributed by atoms with Crippen LogP contribution in [0.4, 0.5) is 0 Å². The Morgan fingerprint density at radius 1 is 0.846 bits per heavy atom. The second-order valence-corrected chi connectivity index (χ2v) is 3.89. The Labute approximate surface area is 108 Å². The molecule has 0 fully saturated rings. The third kappa shape index (κ3) is 6.33. The van der Waals surface area contributed by atoms with E-state index in [1.165, 1.54) is 3.57 Å². The number of hydrogen-bond acceptors (Lipinski definition) is 0. The topological polar surface area (TPSA) is 0 Å². The molecule has 0 aliphatic carbocycles. The van der Waals surface area contributed by atoms with Gasteiger partial charge < -0.3 is 0 Å². The van der Waals surface area contributed by atoms with Crippen LogP contribution in [0.2, 0.25) is 5.02 Å². The van der Waals surface area contributed by atoms with Gasteiger partial charge in [-0.15, -0.1) is 22.6 Å².